The van der Waals surface area contributed by atoms with Crippen LogP contribution in [-0.2, 0) is 18.9 Å². The molecule has 7 bridgehead atoms. The molecule has 10 heteroatoms. The summed E-state index contributed by atoms with van der Waals surface area (Å²) in [5, 5.41) is 59.3. The van der Waals surface area contributed by atoms with Gasteiger partial charge in [-0.25, -0.2) is 0 Å². The quantitative estimate of drug-likeness (QED) is 0.285. The van der Waals surface area contributed by atoms with E-state index in [4.69, 9.17) is 18.9 Å². The highest BCUT2D eigenvalue weighted by molar-refractivity contribution is 5.39. The zero-order valence-electron chi connectivity index (χ0n) is 21.2. The molecule has 1 saturated heterocycles. The van der Waals surface area contributed by atoms with Crippen LogP contribution in [0.2, 0.25) is 0 Å². The first-order chi connectivity index (χ1) is 16.6. The summed E-state index contributed by atoms with van der Waals surface area (Å²) in [6.45, 7) is 3.58. The second-order valence-electron chi connectivity index (χ2n) is 12.1. The van der Waals surface area contributed by atoms with Crippen molar-refractivity contribution >= 4 is 0 Å². The van der Waals surface area contributed by atoms with E-state index in [1.165, 1.54) is 7.11 Å². The highest BCUT2D eigenvalue weighted by atomic mass is 16.5. The molecule has 200 valence electrons. The molecule has 5 aliphatic carbocycles. The largest absolute Gasteiger partial charge is 0.392 e. The number of piperidine rings is 1. The van der Waals surface area contributed by atoms with Crippen molar-refractivity contribution in [2.24, 2.45) is 34.5 Å². The third-order valence-electron chi connectivity index (χ3n) is 11.7. The minimum absolute atomic E-state index is 0.156. The van der Waals surface area contributed by atoms with Crippen molar-refractivity contribution in [3.05, 3.63) is 0 Å². The van der Waals surface area contributed by atoms with Crippen LogP contribution in [0.3, 0.4) is 0 Å². The molecule has 10 nitrogen and oxygen atoms in total. The van der Waals surface area contributed by atoms with Gasteiger partial charge >= 0.3 is 0 Å². The molecule has 0 aromatic rings. The van der Waals surface area contributed by atoms with Crippen LogP contribution in [0.15, 0.2) is 0 Å². The smallest absolute Gasteiger partial charge is 0.120 e. The molecule has 1 heterocycles. The molecule has 6 rings (SSSR count). The Morgan fingerprint density at radius 3 is 2.23 bits per heavy atom. The first kappa shape index (κ1) is 24.9. The van der Waals surface area contributed by atoms with Gasteiger partial charge in [-0.05, 0) is 18.9 Å². The number of ether oxygens (including phenoxy) is 4. The average Bonchev–Trinajstić information content (AvgIpc) is 3.19. The van der Waals surface area contributed by atoms with Crippen LogP contribution in [0, 0.1) is 34.5 Å². The Hall–Kier alpha value is -0.400. The molecule has 6 fully saturated rings. The van der Waals surface area contributed by atoms with E-state index >= 15 is 0 Å². The number of hydrogen-bond acceptors (Lipinski definition) is 10. The lowest BCUT2D eigenvalue weighted by molar-refractivity contribution is -0.320. The number of likely N-dealkylation sites (tertiary alicyclic amines) is 1. The summed E-state index contributed by atoms with van der Waals surface area (Å²) in [5.74, 6) is -2.04. The number of aliphatic hydroxyl groups is 5. The Bertz CT molecular complexity index is 878. The van der Waals surface area contributed by atoms with E-state index < -0.39 is 76.4 Å². The predicted octanol–water partition coefficient (Wildman–Crippen LogP) is -1.79. The minimum Gasteiger partial charge on any atom is -0.392 e. The lowest BCUT2D eigenvalue weighted by atomic mass is 9.42. The van der Waals surface area contributed by atoms with Gasteiger partial charge in [0.2, 0.25) is 0 Å². The SMILES string of the molecule is CCN1C[C@]2(COC)C(O)C[C@H](OC)[C@]34C1[C@H]([C@H](OC)[C@H]23)[C@]1(O)[C@H]2[C@@H](O)[C@@](O)(C[C@H]24)[C@@H](OC)[C@@H]1O. The van der Waals surface area contributed by atoms with Crippen LogP contribution in [0.5, 0.6) is 0 Å². The molecule has 0 amide bonds. The van der Waals surface area contributed by atoms with Gasteiger partial charge in [0.25, 0.3) is 0 Å². The first-order valence-electron chi connectivity index (χ1n) is 12.9. The lowest BCUT2D eigenvalue weighted by Crippen LogP contribution is -2.81. The Labute approximate surface area is 206 Å². The second kappa shape index (κ2) is 7.59. The number of methoxy groups -OCH3 is 4. The molecule has 0 radical (unpaired) electrons. The van der Waals surface area contributed by atoms with Gasteiger partial charge in [0.15, 0.2) is 0 Å². The Morgan fingerprint density at radius 2 is 1.66 bits per heavy atom. The average molecular weight is 500 g/mol. The van der Waals surface area contributed by atoms with E-state index in [-0.39, 0.29) is 18.4 Å². The van der Waals surface area contributed by atoms with Crippen LogP contribution in [0.1, 0.15) is 19.8 Å². The van der Waals surface area contributed by atoms with Gasteiger partial charge in [-0.1, -0.05) is 6.92 Å². The summed E-state index contributed by atoms with van der Waals surface area (Å²) >= 11 is 0. The van der Waals surface area contributed by atoms with E-state index in [1.807, 2.05) is 0 Å². The summed E-state index contributed by atoms with van der Waals surface area (Å²) in [7, 11) is 6.29. The molecule has 1 spiro atoms. The Morgan fingerprint density at radius 1 is 0.943 bits per heavy atom. The zero-order valence-corrected chi connectivity index (χ0v) is 21.2. The minimum atomic E-state index is -1.76. The van der Waals surface area contributed by atoms with E-state index in [0.717, 1.165) is 0 Å². The normalized spacial score (nSPS) is 62.4. The monoisotopic (exact) mass is 499 g/mol. The fraction of sp³-hybridized carbons (Fsp3) is 1.00. The number of aliphatic hydroxyl groups excluding tert-OH is 3. The number of fused-ring (bicyclic) bond motifs is 2. The molecule has 0 aromatic carbocycles. The third kappa shape index (κ3) is 2.35. The number of hydrogen-bond donors (Lipinski definition) is 5. The molecule has 5 N–H and O–H groups in total. The maximum Gasteiger partial charge on any atom is 0.120 e. The molecule has 2 unspecified atom stereocenters. The molecule has 1 aliphatic heterocycles. The zero-order chi connectivity index (χ0) is 25.3. The predicted molar refractivity (Wildman–Crippen MR) is 121 cm³/mol. The summed E-state index contributed by atoms with van der Waals surface area (Å²) < 4.78 is 23.7. The highest BCUT2D eigenvalue weighted by Crippen LogP contribution is 2.79. The van der Waals surface area contributed by atoms with Crippen LogP contribution in [0.25, 0.3) is 0 Å². The van der Waals surface area contributed by atoms with Crippen molar-refractivity contribution in [1.82, 2.24) is 4.90 Å². The molecular formula is C25H41NO9. The van der Waals surface area contributed by atoms with Gasteiger partial charge in [0, 0.05) is 76.0 Å². The van der Waals surface area contributed by atoms with Crippen LogP contribution in [0.4, 0.5) is 0 Å². The van der Waals surface area contributed by atoms with Crippen molar-refractivity contribution in [2.45, 2.75) is 73.6 Å². The van der Waals surface area contributed by atoms with Crippen molar-refractivity contribution in [1.29, 1.82) is 0 Å². The fourth-order valence-corrected chi connectivity index (χ4v) is 11.0. The van der Waals surface area contributed by atoms with Gasteiger partial charge < -0.3 is 44.5 Å². The van der Waals surface area contributed by atoms with Crippen LogP contribution >= 0.6 is 0 Å². The Kier molecular flexibility index (Phi) is 5.40. The van der Waals surface area contributed by atoms with Crippen molar-refractivity contribution in [3.63, 3.8) is 0 Å². The van der Waals surface area contributed by atoms with Crippen LogP contribution < -0.4 is 0 Å². The lowest BCUT2D eigenvalue weighted by Gasteiger charge is -2.70. The number of nitrogens with zero attached hydrogens (tertiary/aromatic N) is 1. The standard InChI is InChI=1S/C25H41NO9/c1-6-26-9-22(10-32-2)12(27)7-13(33-3)24-11-8-23(30)19(28)14(11)25(31,20(29)21(23)35-5)15(18(24)26)16(34-4)17(22)24/h11-21,27-31H,6-10H2,1-5H3/t11-,12?,13+,14-,15+,16+,17-,18?,19-,20+,21+,22+,23+,24+,25-/m1/s1. The summed E-state index contributed by atoms with van der Waals surface area (Å²) in [5.41, 5.74) is -4.81. The van der Waals surface area contributed by atoms with Crippen molar-refractivity contribution < 1.29 is 44.5 Å². The van der Waals surface area contributed by atoms with Crippen molar-refractivity contribution in [3.8, 4) is 0 Å². The van der Waals surface area contributed by atoms with Gasteiger partial charge in [-0.3, -0.25) is 4.90 Å². The topological polar surface area (TPSA) is 141 Å². The van der Waals surface area contributed by atoms with E-state index in [1.54, 1.807) is 21.3 Å². The van der Waals surface area contributed by atoms with Gasteiger partial charge in [0.05, 0.1) is 31.0 Å². The fourth-order valence-electron chi connectivity index (χ4n) is 11.0. The van der Waals surface area contributed by atoms with Gasteiger partial charge in [-0.2, -0.15) is 0 Å². The summed E-state index contributed by atoms with van der Waals surface area (Å²) in [4.78, 5) is 2.29. The molecule has 6 aliphatic rings. The maximum atomic E-state index is 12.6. The Balaban J connectivity index is 1.68. The molecule has 15 atom stereocenters. The van der Waals surface area contributed by atoms with E-state index in [0.29, 0.717) is 26.1 Å². The molecule has 35 heavy (non-hydrogen) atoms. The molecule has 0 aromatic heterocycles. The third-order valence-corrected chi connectivity index (χ3v) is 11.7. The molecular weight excluding hydrogens is 458 g/mol. The second-order valence-corrected chi connectivity index (χ2v) is 12.1. The van der Waals surface area contributed by atoms with Crippen LogP contribution in [-0.4, -0.2) is 132 Å². The molecule has 5 saturated carbocycles. The van der Waals surface area contributed by atoms with E-state index in [9.17, 15) is 25.5 Å². The van der Waals surface area contributed by atoms with E-state index in [2.05, 4.69) is 11.8 Å². The van der Waals surface area contributed by atoms with Gasteiger partial charge in [0.1, 0.15) is 23.4 Å². The maximum absolute atomic E-state index is 12.6. The first-order valence-corrected chi connectivity index (χ1v) is 12.9. The van der Waals surface area contributed by atoms with Crippen molar-refractivity contribution in [2.75, 3.05) is 48.1 Å². The van der Waals surface area contributed by atoms with Gasteiger partial charge in [-0.15, -0.1) is 0 Å². The number of rotatable bonds is 6. The highest BCUT2D eigenvalue weighted by Gasteiger charge is 2.90. The summed E-state index contributed by atoms with van der Waals surface area (Å²) in [6.07, 6.45) is -4.95. The summed E-state index contributed by atoms with van der Waals surface area (Å²) in [6, 6.07) is -0.240.